The molecule has 24 heavy (non-hydrogen) atoms. The number of rotatable bonds is 4. The number of nitrogens with one attached hydrogen (secondary N) is 2. The first-order valence-corrected chi connectivity index (χ1v) is 7.96. The monoisotopic (exact) mass is 327 g/mol. The van der Waals surface area contributed by atoms with Gasteiger partial charge < -0.3 is 16.4 Å². The largest absolute Gasteiger partial charge is 0.366 e. The molecule has 1 aromatic heterocycles. The SMILES string of the molecule is Cc1cc(NC(=O)C2(n3cccn3)CCNCC2)ccc1C(N)=O. The van der Waals surface area contributed by atoms with Gasteiger partial charge in [0.1, 0.15) is 5.54 Å². The van der Waals surface area contributed by atoms with Crippen LogP contribution in [0.15, 0.2) is 36.7 Å². The molecule has 7 nitrogen and oxygen atoms in total. The molecular weight excluding hydrogens is 306 g/mol. The molecule has 1 aromatic carbocycles. The lowest BCUT2D eigenvalue weighted by molar-refractivity contribution is -0.126. The third-order valence-electron chi connectivity index (χ3n) is 4.55. The van der Waals surface area contributed by atoms with Gasteiger partial charge in [0.2, 0.25) is 5.91 Å². The smallest absolute Gasteiger partial charge is 0.252 e. The van der Waals surface area contributed by atoms with Crippen molar-refractivity contribution >= 4 is 17.5 Å². The number of benzene rings is 1. The number of aryl methyl sites for hydroxylation is 1. The maximum atomic E-state index is 13.0. The van der Waals surface area contributed by atoms with Crippen molar-refractivity contribution in [1.82, 2.24) is 15.1 Å². The molecule has 0 aliphatic carbocycles. The Hall–Kier alpha value is -2.67. The van der Waals surface area contributed by atoms with Gasteiger partial charge in [-0.25, -0.2) is 0 Å². The molecule has 7 heteroatoms. The van der Waals surface area contributed by atoms with Crippen LogP contribution < -0.4 is 16.4 Å². The Morgan fingerprint density at radius 1 is 1.33 bits per heavy atom. The van der Waals surface area contributed by atoms with Gasteiger partial charge in [0, 0.05) is 23.6 Å². The summed E-state index contributed by atoms with van der Waals surface area (Å²) in [7, 11) is 0. The Labute approximate surface area is 140 Å². The molecule has 1 aliphatic rings. The molecule has 2 heterocycles. The lowest BCUT2D eigenvalue weighted by Gasteiger charge is -2.36. The van der Waals surface area contributed by atoms with E-state index in [1.807, 2.05) is 12.3 Å². The predicted molar refractivity (Wildman–Crippen MR) is 90.6 cm³/mol. The van der Waals surface area contributed by atoms with Gasteiger partial charge in [0.05, 0.1) is 0 Å². The summed E-state index contributed by atoms with van der Waals surface area (Å²) >= 11 is 0. The summed E-state index contributed by atoms with van der Waals surface area (Å²) in [4.78, 5) is 24.4. The van der Waals surface area contributed by atoms with Crippen molar-refractivity contribution in [3.8, 4) is 0 Å². The number of nitrogens with two attached hydrogens (primary N) is 1. The first-order valence-electron chi connectivity index (χ1n) is 7.96. The fraction of sp³-hybridized carbons (Fsp3) is 0.353. The molecule has 3 rings (SSSR count). The Bertz CT molecular complexity index is 748. The molecule has 0 radical (unpaired) electrons. The van der Waals surface area contributed by atoms with E-state index >= 15 is 0 Å². The molecule has 0 bridgehead atoms. The predicted octanol–water partition coefficient (Wildman–Crippen LogP) is 1.01. The Kier molecular flexibility index (Phi) is 4.35. The zero-order valence-electron chi connectivity index (χ0n) is 13.6. The number of carbonyl (C=O) groups excluding carboxylic acids is 2. The summed E-state index contributed by atoms with van der Waals surface area (Å²) < 4.78 is 1.74. The minimum absolute atomic E-state index is 0.0982. The van der Waals surface area contributed by atoms with E-state index in [4.69, 9.17) is 5.73 Å². The van der Waals surface area contributed by atoms with E-state index in [2.05, 4.69) is 15.7 Å². The van der Waals surface area contributed by atoms with E-state index in [-0.39, 0.29) is 5.91 Å². The average Bonchev–Trinajstić information content (AvgIpc) is 3.10. The molecule has 4 N–H and O–H groups in total. The maximum Gasteiger partial charge on any atom is 0.252 e. The van der Waals surface area contributed by atoms with Crippen molar-refractivity contribution in [1.29, 1.82) is 0 Å². The second-order valence-corrected chi connectivity index (χ2v) is 6.08. The molecule has 0 unspecified atom stereocenters. The maximum absolute atomic E-state index is 13.0. The van der Waals surface area contributed by atoms with Crippen LogP contribution in [0, 0.1) is 6.92 Å². The Morgan fingerprint density at radius 3 is 2.67 bits per heavy atom. The number of aromatic nitrogens is 2. The quantitative estimate of drug-likeness (QED) is 0.780. The molecule has 1 aliphatic heterocycles. The van der Waals surface area contributed by atoms with Crippen LogP contribution in [-0.4, -0.2) is 34.7 Å². The number of primary amides is 1. The molecule has 0 spiro atoms. The summed E-state index contributed by atoms with van der Waals surface area (Å²) in [5.41, 5.74) is 6.46. The van der Waals surface area contributed by atoms with E-state index in [9.17, 15) is 9.59 Å². The first kappa shape index (κ1) is 16.2. The number of amides is 2. The Morgan fingerprint density at radius 2 is 2.08 bits per heavy atom. The highest BCUT2D eigenvalue weighted by Crippen LogP contribution is 2.29. The van der Waals surface area contributed by atoms with Crippen LogP contribution in [0.4, 0.5) is 5.69 Å². The van der Waals surface area contributed by atoms with Crippen LogP contribution >= 0.6 is 0 Å². The van der Waals surface area contributed by atoms with Gasteiger partial charge in [-0.05, 0) is 62.7 Å². The molecule has 2 aromatic rings. The van der Waals surface area contributed by atoms with Crippen molar-refractivity contribution in [2.24, 2.45) is 5.73 Å². The zero-order chi connectivity index (χ0) is 17.2. The van der Waals surface area contributed by atoms with E-state index in [0.717, 1.165) is 18.7 Å². The van der Waals surface area contributed by atoms with Crippen LogP contribution in [0.5, 0.6) is 0 Å². The molecular formula is C17H21N5O2. The summed E-state index contributed by atoms with van der Waals surface area (Å²) in [6.07, 6.45) is 4.84. The Balaban J connectivity index is 1.87. The molecule has 0 saturated carbocycles. The normalized spacial score (nSPS) is 16.5. The minimum atomic E-state index is -0.703. The number of nitrogens with zero attached hydrogens (tertiary/aromatic N) is 2. The average molecular weight is 327 g/mol. The second-order valence-electron chi connectivity index (χ2n) is 6.08. The lowest BCUT2D eigenvalue weighted by atomic mass is 9.87. The number of piperidine rings is 1. The second kappa shape index (κ2) is 6.45. The van der Waals surface area contributed by atoms with Crippen LogP contribution in [0.2, 0.25) is 0 Å². The van der Waals surface area contributed by atoms with Crippen molar-refractivity contribution in [3.05, 3.63) is 47.8 Å². The number of hydrogen-bond donors (Lipinski definition) is 3. The molecule has 126 valence electrons. The first-order chi connectivity index (χ1) is 11.5. The fourth-order valence-electron chi connectivity index (χ4n) is 3.19. The standard InChI is InChI=1S/C17H21N5O2/c1-12-11-13(3-4-14(12)15(18)23)21-16(24)17(5-8-19-9-6-17)22-10-2-7-20-22/h2-4,7,10-11,19H,5-6,8-9H2,1H3,(H2,18,23)(H,21,24). The molecule has 0 atom stereocenters. The number of hydrogen-bond acceptors (Lipinski definition) is 4. The van der Waals surface area contributed by atoms with Crippen molar-refractivity contribution in [2.75, 3.05) is 18.4 Å². The van der Waals surface area contributed by atoms with Gasteiger partial charge >= 0.3 is 0 Å². The van der Waals surface area contributed by atoms with Gasteiger partial charge in [-0.2, -0.15) is 5.10 Å². The van der Waals surface area contributed by atoms with Gasteiger partial charge in [-0.3, -0.25) is 14.3 Å². The molecule has 1 saturated heterocycles. The summed E-state index contributed by atoms with van der Waals surface area (Å²) in [5, 5.41) is 10.5. The summed E-state index contributed by atoms with van der Waals surface area (Å²) in [6, 6.07) is 6.91. The van der Waals surface area contributed by atoms with Crippen LogP contribution in [-0.2, 0) is 10.3 Å². The highest BCUT2D eigenvalue weighted by Gasteiger charge is 2.42. The summed E-state index contributed by atoms with van der Waals surface area (Å²) in [6.45, 7) is 3.31. The highest BCUT2D eigenvalue weighted by atomic mass is 16.2. The van der Waals surface area contributed by atoms with Gasteiger partial charge in [0.25, 0.3) is 5.91 Å². The van der Waals surface area contributed by atoms with Gasteiger partial charge in [-0.15, -0.1) is 0 Å². The third kappa shape index (κ3) is 2.90. The van der Waals surface area contributed by atoms with E-state index in [0.29, 0.717) is 24.1 Å². The van der Waals surface area contributed by atoms with Crippen molar-refractivity contribution in [3.63, 3.8) is 0 Å². The summed E-state index contributed by atoms with van der Waals surface area (Å²) in [5.74, 6) is -0.573. The lowest BCUT2D eigenvalue weighted by Crippen LogP contribution is -2.52. The van der Waals surface area contributed by atoms with Crippen LogP contribution in [0.25, 0.3) is 0 Å². The third-order valence-corrected chi connectivity index (χ3v) is 4.55. The fourth-order valence-corrected chi connectivity index (χ4v) is 3.19. The highest BCUT2D eigenvalue weighted by molar-refractivity contribution is 5.98. The molecule has 1 fully saturated rings. The van der Waals surface area contributed by atoms with Gasteiger partial charge in [-0.1, -0.05) is 0 Å². The van der Waals surface area contributed by atoms with Crippen LogP contribution in [0.1, 0.15) is 28.8 Å². The zero-order valence-corrected chi connectivity index (χ0v) is 13.6. The topological polar surface area (TPSA) is 102 Å². The van der Waals surface area contributed by atoms with E-state index in [1.54, 1.807) is 36.0 Å². The van der Waals surface area contributed by atoms with Crippen LogP contribution in [0.3, 0.4) is 0 Å². The van der Waals surface area contributed by atoms with E-state index < -0.39 is 11.4 Å². The number of carbonyl (C=O) groups is 2. The van der Waals surface area contributed by atoms with E-state index in [1.165, 1.54) is 0 Å². The van der Waals surface area contributed by atoms with Crippen molar-refractivity contribution < 1.29 is 9.59 Å². The molecule has 2 amide bonds. The van der Waals surface area contributed by atoms with Crippen molar-refractivity contribution in [2.45, 2.75) is 25.3 Å². The minimum Gasteiger partial charge on any atom is -0.366 e. The van der Waals surface area contributed by atoms with Gasteiger partial charge in [0.15, 0.2) is 0 Å². The number of anilines is 1.